The molecule has 1 heterocycles. The molecule has 1 aliphatic heterocycles. The van der Waals surface area contributed by atoms with Crippen molar-refractivity contribution in [3.05, 3.63) is 0 Å². The van der Waals surface area contributed by atoms with Crippen LogP contribution >= 0.6 is 0 Å². The fourth-order valence-electron chi connectivity index (χ4n) is 2.78. The fourth-order valence-corrected chi connectivity index (χ4v) is 2.78. The first-order valence-corrected chi connectivity index (χ1v) is 7.52. The highest BCUT2D eigenvalue weighted by atomic mass is 16.2. The third-order valence-corrected chi connectivity index (χ3v) is 4.01. The molecule has 1 rings (SSSR count). The van der Waals surface area contributed by atoms with Gasteiger partial charge in [0.15, 0.2) is 0 Å². The lowest BCUT2D eigenvalue weighted by molar-refractivity contribution is -0.131. The Hall–Kier alpha value is -0.570. The molecule has 0 saturated carbocycles. The molecule has 0 spiro atoms. The first-order chi connectivity index (χ1) is 8.50. The van der Waals surface area contributed by atoms with Crippen molar-refractivity contribution in [2.75, 3.05) is 13.1 Å². The van der Waals surface area contributed by atoms with Crippen LogP contribution in [0.5, 0.6) is 0 Å². The Kier molecular flexibility index (Phi) is 6.13. The molecule has 0 aromatic heterocycles. The summed E-state index contributed by atoms with van der Waals surface area (Å²) in [5.41, 5.74) is -0.138. The van der Waals surface area contributed by atoms with Gasteiger partial charge in [-0.25, -0.2) is 0 Å². The van der Waals surface area contributed by atoms with Gasteiger partial charge >= 0.3 is 0 Å². The number of amides is 1. The van der Waals surface area contributed by atoms with Gasteiger partial charge in [0.05, 0.1) is 5.41 Å². The van der Waals surface area contributed by atoms with E-state index in [2.05, 4.69) is 38.3 Å². The van der Waals surface area contributed by atoms with Crippen molar-refractivity contribution in [1.29, 1.82) is 0 Å². The molecule has 0 radical (unpaired) electrons. The van der Waals surface area contributed by atoms with Crippen molar-refractivity contribution in [3.8, 4) is 0 Å². The van der Waals surface area contributed by atoms with E-state index in [1.165, 1.54) is 6.42 Å². The predicted octanol–water partition coefficient (Wildman–Crippen LogP) is 2.71. The van der Waals surface area contributed by atoms with Crippen molar-refractivity contribution in [3.63, 3.8) is 0 Å². The van der Waals surface area contributed by atoms with E-state index in [0.717, 1.165) is 38.8 Å². The summed E-state index contributed by atoms with van der Waals surface area (Å²) in [5.74, 6) is 0.979. The minimum Gasteiger partial charge on any atom is -0.353 e. The third kappa shape index (κ3) is 4.27. The summed E-state index contributed by atoms with van der Waals surface area (Å²) < 4.78 is 0. The zero-order valence-electron chi connectivity index (χ0n) is 12.5. The van der Waals surface area contributed by atoms with E-state index in [0.29, 0.717) is 12.0 Å². The van der Waals surface area contributed by atoms with Crippen LogP contribution < -0.4 is 10.6 Å². The van der Waals surface area contributed by atoms with Gasteiger partial charge in [0.1, 0.15) is 0 Å². The molecule has 0 aromatic rings. The molecule has 3 nitrogen and oxygen atoms in total. The van der Waals surface area contributed by atoms with Gasteiger partial charge in [-0.15, -0.1) is 0 Å². The standard InChI is InChI=1S/C15H30N2O/c1-5-8-15(9-10-16-11-15)14(18)17-13(4)7-6-12(2)3/h12-13,16H,5-11H2,1-4H3,(H,17,18). The summed E-state index contributed by atoms with van der Waals surface area (Å²) in [6, 6.07) is 0.300. The van der Waals surface area contributed by atoms with Gasteiger partial charge in [-0.3, -0.25) is 4.79 Å². The van der Waals surface area contributed by atoms with Crippen molar-refractivity contribution in [1.82, 2.24) is 10.6 Å². The van der Waals surface area contributed by atoms with Crippen LogP contribution in [-0.2, 0) is 4.79 Å². The second-order valence-corrected chi connectivity index (χ2v) is 6.30. The topological polar surface area (TPSA) is 41.1 Å². The van der Waals surface area contributed by atoms with E-state index in [-0.39, 0.29) is 11.3 Å². The smallest absolute Gasteiger partial charge is 0.227 e. The van der Waals surface area contributed by atoms with Crippen molar-refractivity contribution in [2.45, 2.75) is 65.8 Å². The van der Waals surface area contributed by atoms with Crippen LogP contribution in [-0.4, -0.2) is 25.0 Å². The molecule has 2 N–H and O–H groups in total. The average molecular weight is 254 g/mol. The maximum absolute atomic E-state index is 12.5. The van der Waals surface area contributed by atoms with Crippen LogP contribution in [0.3, 0.4) is 0 Å². The molecule has 2 unspecified atom stereocenters. The minimum atomic E-state index is -0.138. The monoisotopic (exact) mass is 254 g/mol. The third-order valence-electron chi connectivity index (χ3n) is 4.01. The van der Waals surface area contributed by atoms with Crippen molar-refractivity contribution in [2.24, 2.45) is 11.3 Å². The number of nitrogens with one attached hydrogen (secondary N) is 2. The Morgan fingerprint density at radius 3 is 2.56 bits per heavy atom. The zero-order chi connectivity index (χ0) is 13.6. The van der Waals surface area contributed by atoms with E-state index in [9.17, 15) is 4.79 Å². The van der Waals surface area contributed by atoms with E-state index in [4.69, 9.17) is 0 Å². The second-order valence-electron chi connectivity index (χ2n) is 6.30. The van der Waals surface area contributed by atoms with Gasteiger partial charge in [0, 0.05) is 12.6 Å². The molecule has 18 heavy (non-hydrogen) atoms. The second kappa shape index (κ2) is 7.13. The van der Waals surface area contributed by atoms with E-state index in [1.807, 2.05) is 0 Å². The highest BCUT2D eigenvalue weighted by molar-refractivity contribution is 5.83. The highest BCUT2D eigenvalue weighted by Gasteiger charge is 2.40. The van der Waals surface area contributed by atoms with Gasteiger partial charge < -0.3 is 10.6 Å². The average Bonchev–Trinajstić information content (AvgIpc) is 2.77. The Labute approximate surface area is 112 Å². The van der Waals surface area contributed by atoms with Gasteiger partial charge in [-0.2, -0.15) is 0 Å². The first kappa shape index (κ1) is 15.5. The molecule has 3 heteroatoms. The maximum Gasteiger partial charge on any atom is 0.227 e. The van der Waals surface area contributed by atoms with Crippen LogP contribution in [0.15, 0.2) is 0 Å². The quantitative estimate of drug-likeness (QED) is 0.733. The first-order valence-electron chi connectivity index (χ1n) is 7.52. The van der Waals surface area contributed by atoms with Crippen LogP contribution in [0.4, 0.5) is 0 Å². The summed E-state index contributed by atoms with van der Waals surface area (Å²) in [7, 11) is 0. The summed E-state index contributed by atoms with van der Waals surface area (Å²) in [5, 5.41) is 6.57. The van der Waals surface area contributed by atoms with Gasteiger partial charge in [-0.1, -0.05) is 27.2 Å². The largest absolute Gasteiger partial charge is 0.353 e. The summed E-state index contributed by atoms with van der Waals surface area (Å²) >= 11 is 0. The Morgan fingerprint density at radius 2 is 2.06 bits per heavy atom. The molecule has 1 saturated heterocycles. The molecule has 1 amide bonds. The number of rotatable bonds is 7. The predicted molar refractivity (Wildman–Crippen MR) is 76.5 cm³/mol. The maximum atomic E-state index is 12.5. The highest BCUT2D eigenvalue weighted by Crippen LogP contribution is 2.31. The molecule has 0 aliphatic carbocycles. The minimum absolute atomic E-state index is 0.138. The van der Waals surface area contributed by atoms with Crippen LogP contribution in [0.1, 0.15) is 59.8 Å². The summed E-state index contributed by atoms with van der Waals surface area (Å²) in [4.78, 5) is 12.5. The summed E-state index contributed by atoms with van der Waals surface area (Å²) in [6.07, 6.45) is 5.33. The number of carbonyl (C=O) groups is 1. The molecule has 0 bridgehead atoms. The van der Waals surface area contributed by atoms with E-state index in [1.54, 1.807) is 0 Å². The molecule has 1 aliphatic rings. The van der Waals surface area contributed by atoms with Crippen LogP contribution in [0, 0.1) is 11.3 Å². The van der Waals surface area contributed by atoms with Crippen LogP contribution in [0.25, 0.3) is 0 Å². The number of carbonyl (C=O) groups excluding carboxylic acids is 1. The lowest BCUT2D eigenvalue weighted by Gasteiger charge is -2.28. The lowest BCUT2D eigenvalue weighted by atomic mass is 9.81. The number of hydrogen-bond acceptors (Lipinski definition) is 2. The molecule has 0 aromatic carbocycles. The Bertz CT molecular complexity index is 257. The van der Waals surface area contributed by atoms with Crippen molar-refractivity contribution < 1.29 is 4.79 Å². The normalized spacial score (nSPS) is 25.4. The molecular weight excluding hydrogens is 224 g/mol. The molecule has 106 valence electrons. The van der Waals surface area contributed by atoms with Gasteiger partial charge in [0.25, 0.3) is 0 Å². The Balaban J connectivity index is 2.46. The van der Waals surface area contributed by atoms with Gasteiger partial charge in [0.2, 0.25) is 5.91 Å². The van der Waals surface area contributed by atoms with Gasteiger partial charge in [-0.05, 0) is 45.1 Å². The van der Waals surface area contributed by atoms with Crippen LogP contribution in [0.2, 0.25) is 0 Å². The fraction of sp³-hybridized carbons (Fsp3) is 0.933. The van der Waals surface area contributed by atoms with E-state index >= 15 is 0 Å². The molecular formula is C15H30N2O. The number of hydrogen-bond donors (Lipinski definition) is 2. The van der Waals surface area contributed by atoms with Crippen molar-refractivity contribution >= 4 is 5.91 Å². The molecule has 2 atom stereocenters. The molecule has 1 fully saturated rings. The van der Waals surface area contributed by atoms with E-state index < -0.39 is 0 Å². The zero-order valence-corrected chi connectivity index (χ0v) is 12.5. The lowest BCUT2D eigenvalue weighted by Crippen LogP contribution is -2.46. The summed E-state index contributed by atoms with van der Waals surface area (Å²) in [6.45, 7) is 10.6. The Morgan fingerprint density at radius 1 is 1.33 bits per heavy atom. The SMILES string of the molecule is CCCC1(C(=O)NC(C)CCC(C)C)CCNC1.